The fraction of sp³-hybridized carbons (Fsp3) is 0.0714. The van der Waals surface area contributed by atoms with Crippen LogP contribution in [0.5, 0.6) is 5.75 Å². The number of H-pyrrole nitrogens is 1. The van der Waals surface area contributed by atoms with Gasteiger partial charge >= 0.3 is 0 Å². The molecule has 6 nitrogen and oxygen atoms in total. The van der Waals surface area contributed by atoms with Gasteiger partial charge in [0.2, 0.25) is 0 Å². The summed E-state index contributed by atoms with van der Waals surface area (Å²) in [5.41, 5.74) is 3.39. The van der Waals surface area contributed by atoms with E-state index in [1.54, 1.807) is 13.3 Å². The Kier molecular flexibility index (Phi) is 2.83. The molecule has 0 radical (unpaired) electrons. The highest BCUT2D eigenvalue weighted by Crippen LogP contribution is 2.35. The number of nitro groups is 1. The highest BCUT2D eigenvalue weighted by Gasteiger charge is 2.14. The average Bonchev–Trinajstić information content (AvgIpc) is 3.06. The number of nitrogens with one attached hydrogen (secondary N) is 1. The number of aliphatic imine (C=N–C) groups is 1. The second-order valence-electron chi connectivity index (χ2n) is 4.31. The first-order valence-electron chi connectivity index (χ1n) is 5.94. The van der Waals surface area contributed by atoms with E-state index < -0.39 is 4.92 Å². The molecule has 1 N–H and O–H groups in total. The van der Waals surface area contributed by atoms with E-state index in [2.05, 4.69) is 9.98 Å². The van der Waals surface area contributed by atoms with E-state index in [1.165, 1.54) is 12.3 Å². The van der Waals surface area contributed by atoms with Crippen LogP contribution in [0.4, 0.5) is 11.4 Å². The van der Waals surface area contributed by atoms with Crippen molar-refractivity contribution in [1.82, 2.24) is 4.98 Å². The highest BCUT2D eigenvalue weighted by molar-refractivity contribution is 6.21. The molecule has 0 atom stereocenters. The van der Waals surface area contributed by atoms with Crippen LogP contribution in [0.3, 0.4) is 0 Å². The number of fused-ring (bicyclic) bond motifs is 1. The second-order valence-corrected chi connectivity index (χ2v) is 4.31. The summed E-state index contributed by atoms with van der Waals surface area (Å²) in [7, 11) is 1.61. The van der Waals surface area contributed by atoms with Crippen LogP contribution in [0, 0.1) is 10.1 Å². The van der Waals surface area contributed by atoms with Gasteiger partial charge in [-0.25, -0.2) is 0 Å². The van der Waals surface area contributed by atoms with Crippen LogP contribution >= 0.6 is 0 Å². The van der Waals surface area contributed by atoms with Crippen molar-refractivity contribution in [3.05, 3.63) is 51.8 Å². The van der Waals surface area contributed by atoms with E-state index in [9.17, 15) is 10.1 Å². The maximum atomic E-state index is 10.7. The first kappa shape index (κ1) is 12.2. The molecule has 100 valence electrons. The lowest BCUT2D eigenvalue weighted by Gasteiger charge is -2.03. The number of allylic oxidation sites excluding steroid dienone is 1. The van der Waals surface area contributed by atoms with Crippen molar-refractivity contribution in [3.8, 4) is 5.75 Å². The zero-order valence-corrected chi connectivity index (χ0v) is 10.7. The molecule has 2 heterocycles. The lowest BCUT2D eigenvalue weighted by atomic mass is 10.1. The standard InChI is InChI=1S/C14H11N3O3/c1-20-12-2-3-14-13(6-12)9(7-16-14)4-10-5-11(8-15-10)17(18)19/h2-8,15H,1H3. The lowest BCUT2D eigenvalue weighted by Crippen LogP contribution is -1.85. The topological polar surface area (TPSA) is 80.5 Å². The van der Waals surface area contributed by atoms with Gasteiger partial charge in [0.1, 0.15) is 5.75 Å². The number of rotatable bonds is 3. The van der Waals surface area contributed by atoms with E-state index in [-0.39, 0.29) is 5.69 Å². The van der Waals surface area contributed by atoms with E-state index in [4.69, 9.17) is 4.74 Å². The molecule has 0 fully saturated rings. The number of hydrogen-bond donors (Lipinski definition) is 1. The van der Waals surface area contributed by atoms with Crippen LogP contribution in [0.15, 0.2) is 35.5 Å². The van der Waals surface area contributed by atoms with Crippen LogP contribution in [0.1, 0.15) is 11.3 Å². The summed E-state index contributed by atoms with van der Waals surface area (Å²) in [6.45, 7) is 0. The van der Waals surface area contributed by atoms with Crippen LogP contribution in [-0.4, -0.2) is 23.2 Å². The maximum absolute atomic E-state index is 10.7. The maximum Gasteiger partial charge on any atom is 0.287 e. The molecule has 0 amide bonds. The van der Waals surface area contributed by atoms with Gasteiger partial charge in [-0.3, -0.25) is 15.1 Å². The third-order valence-corrected chi connectivity index (χ3v) is 3.07. The quantitative estimate of drug-likeness (QED) is 0.686. The van der Waals surface area contributed by atoms with Crippen LogP contribution in [-0.2, 0) is 0 Å². The van der Waals surface area contributed by atoms with E-state index in [1.807, 2.05) is 24.3 Å². The van der Waals surface area contributed by atoms with Gasteiger partial charge in [0.15, 0.2) is 0 Å². The van der Waals surface area contributed by atoms with Gasteiger partial charge in [-0.2, -0.15) is 0 Å². The van der Waals surface area contributed by atoms with Crippen molar-refractivity contribution in [3.63, 3.8) is 0 Å². The molecule has 2 aromatic rings. The summed E-state index contributed by atoms with van der Waals surface area (Å²) >= 11 is 0. The molecule has 0 unspecified atom stereocenters. The van der Waals surface area contributed by atoms with Crippen molar-refractivity contribution >= 4 is 29.2 Å². The molecular formula is C14H11N3O3. The smallest absolute Gasteiger partial charge is 0.287 e. The minimum absolute atomic E-state index is 0.0395. The number of methoxy groups -OCH3 is 1. The van der Waals surface area contributed by atoms with Crippen LogP contribution in [0.2, 0.25) is 0 Å². The van der Waals surface area contributed by atoms with Crippen molar-refractivity contribution in [2.75, 3.05) is 7.11 Å². The van der Waals surface area contributed by atoms with Crippen LogP contribution in [0.25, 0.3) is 11.6 Å². The van der Waals surface area contributed by atoms with Crippen LogP contribution < -0.4 is 4.74 Å². The Balaban J connectivity index is 1.98. The van der Waals surface area contributed by atoms with E-state index >= 15 is 0 Å². The molecule has 0 aliphatic carbocycles. The molecule has 1 aromatic carbocycles. The molecule has 6 heteroatoms. The molecule has 0 bridgehead atoms. The Morgan fingerprint density at radius 1 is 1.40 bits per heavy atom. The average molecular weight is 269 g/mol. The SMILES string of the molecule is COc1ccc2c(c1)C(=Cc1cc([N+](=O)[O-])c[nH]1)C=N2. The summed E-state index contributed by atoms with van der Waals surface area (Å²) in [5.74, 6) is 0.748. The molecule has 3 rings (SSSR count). The van der Waals surface area contributed by atoms with E-state index in [0.29, 0.717) is 5.69 Å². The number of benzene rings is 1. The molecule has 20 heavy (non-hydrogen) atoms. The predicted molar refractivity (Wildman–Crippen MR) is 76.5 cm³/mol. The normalized spacial score (nSPS) is 14.6. The number of nitrogens with zero attached hydrogens (tertiary/aromatic N) is 2. The lowest BCUT2D eigenvalue weighted by molar-refractivity contribution is -0.384. The summed E-state index contributed by atoms with van der Waals surface area (Å²) in [5, 5.41) is 10.7. The Bertz CT molecular complexity index is 744. The molecule has 1 aromatic heterocycles. The molecule has 0 saturated carbocycles. The number of ether oxygens (including phenoxy) is 1. The van der Waals surface area contributed by atoms with Gasteiger partial charge in [-0.05, 0) is 24.3 Å². The summed E-state index contributed by atoms with van der Waals surface area (Å²) in [4.78, 5) is 17.4. The van der Waals surface area contributed by atoms with Gasteiger partial charge in [0, 0.05) is 29.1 Å². The Hall–Kier alpha value is -2.89. The molecule has 1 aliphatic rings. The third-order valence-electron chi connectivity index (χ3n) is 3.07. The zero-order chi connectivity index (χ0) is 14.1. The highest BCUT2D eigenvalue weighted by atomic mass is 16.6. The first-order valence-corrected chi connectivity index (χ1v) is 5.94. The van der Waals surface area contributed by atoms with Crippen molar-refractivity contribution in [1.29, 1.82) is 0 Å². The van der Waals surface area contributed by atoms with Crippen molar-refractivity contribution in [2.24, 2.45) is 4.99 Å². The fourth-order valence-electron chi connectivity index (χ4n) is 2.07. The number of aromatic nitrogens is 1. The Morgan fingerprint density at radius 2 is 2.25 bits per heavy atom. The van der Waals surface area contributed by atoms with Gasteiger partial charge in [0.05, 0.1) is 23.9 Å². The summed E-state index contributed by atoms with van der Waals surface area (Å²) in [6, 6.07) is 7.10. The number of aromatic amines is 1. The van der Waals surface area contributed by atoms with Crippen molar-refractivity contribution in [2.45, 2.75) is 0 Å². The fourth-order valence-corrected chi connectivity index (χ4v) is 2.07. The Morgan fingerprint density at radius 3 is 2.95 bits per heavy atom. The monoisotopic (exact) mass is 269 g/mol. The minimum Gasteiger partial charge on any atom is -0.497 e. The van der Waals surface area contributed by atoms with Gasteiger partial charge in [0.25, 0.3) is 5.69 Å². The predicted octanol–water partition coefficient (Wildman–Crippen LogP) is 3.19. The first-order chi connectivity index (χ1) is 9.67. The van der Waals surface area contributed by atoms with Crippen molar-refractivity contribution < 1.29 is 9.66 Å². The zero-order valence-electron chi connectivity index (χ0n) is 10.7. The Labute approximate surface area is 114 Å². The molecule has 1 aliphatic heterocycles. The largest absolute Gasteiger partial charge is 0.497 e. The summed E-state index contributed by atoms with van der Waals surface area (Å²) < 4.78 is 5.19. The van der Waals surface area contributed by atoms with Gasteiger partial charge < -0.3 is 9.72 Å². The molecule has 0 spiro atoms. The van der Waals surface area contributed by atoms with E-state index in [0.717, 1.165) is 22.6 Å². The third kappa shape index (κ3) is 2.07. The molecular weight excluding hydrogens is 258 g/mol. The van der Waals surface area contributed by atoms with Gasteiger partial charge in [-0.1, -0.05) is 0 Å². The summed E-state index contributed by atoms with van der Waals surface area (Å²) in [6.07, 6.45) is 4.92. The minimum atomic E-state index is -0.432. The van der Waals surface area contributed by atoms with Gasteiger partial charge in [-0.15, -0.1) is 0 Å². The molecule has 0 saturated heterocycles. The second kappa shape index (κ2) is 4.65. The number of hydrogen-bond acceptors (Lipinski definition) is 4.